The number of oxazole rings is 1. The molecular weight excluding hydrogens is 1330 g/mol. The lowest BCUT2D eigenvalue weighted by Gasteiger charge is -2.28. The summed E-state index contributed by atoms with van der Waals surface area (Å²) in [4.78, 5) is 148. The standard InChI is InChI=1S/C61H59N13O14S6/c1-27(2)33-17-39(75)46-28(3)93-57(72-46)35(18-43(76)62-4)66-51(79)37-24-89-53(68-37)32-15-16-34(55-70-42(26-92-55)74(21-45-63-19-40(88-45)60(83)84)61(85)87-31-13-11-30(12-14-31)59(81)82)65-47(32)36-23-90-56(67-36)38-25-91-58(69-38)49(50(78)29-9-7-6-8-10-29)71-44(77)20-64-52(80)48-41(22-86-5)94-54(33)73-48/h6-10,15-16,19,23-27,30-31,33,35,49-50,78H,11-14,17-18,20-22H2,1-5H3,(H,62,76)(H,64,80)(H,66,79)(H,71,77)(H,81,82)(H,83,84)/t30?,31?,33?,35-,49-,50-/m0/s1. The highest BCUT2D eigenvalue weighted by atomic mass is 32.1. The Morgan fingerprint density at radius 1 is 0.755 bits per heavy atom. The van der Waals surface area contributed by atoms with Crippen molar-refractivity contribution in [2.45, 2.75) is 103 Å². The van der Waals surface area contributed by atoms with Crippen LogP contribution in [-0.2, 0) is 37.0 Å². The molecule has 5 amide bonds. The van der Waals surface area contributed by atoms with Crippen molar-refractivity contribution in [1.29, 1.82) is 0 Å². The van der Waals surface area contributed by atoms with Crippen molar-refractivity contribution in [2.75, 3.05) is 25.6 Å². The number of benzene rings is 1. The Balaban J connectivity index is 0.980. The number of carboxylic acids is 2. The fraction of sp³-hybridized carbons (Fsp3) is 0.344. The molecule has 1 aliphatic heterocycles. The molecule has 7 N–H and O–H groups in total. The summed E-state index contributed by atoms with van der Waals surface area (Å²) in [7, 11) is 2.93. The molecule has 1 aromatic carbocycles. The highest BCUT2D eigenvalue weighted by molar-refractivity contribution is 7.15. The van der Waals surface area contributed by atoms with Crippen LogP contribution in [0.5, 0.6) is 0 Å². The number of anilines is 1. The minimum atomic E-state index is -1.38. The highest BCUT2D eigenvalue weighted by Gasteiger charge is 2.35. The number of methoxy groups -OCH3 is 1. The average Bonchev–Trinajstić information content (AvgIpc) is 1.63. The molecule has 1 unspecified atom stereocenters. The normalized spacial score (nSPS) is 18.4. The average molecular weight is 1390 g/mol. The maximum atomic E-state index is 14.5. The van der Waals surface area contributed by atoms with Gasteiger partial charge in [-0.3, -0.25) is 33.7 Å². The number of thiazole rings is 6. The number of aryl methyl sites for hydroxylation is 1. The Labute approximate surface area is 559 Å². The van der Waals surface area contributed by atoms with Crippen molar-refractivity contribution in [1.82, 2.24) is 61.1 Å². The third-order valence-corrected chi connectivity index (χ3v) is 21.2. The van der Waals surface area contributed by atoms with Crippen LogP contribution in [-0.4, -0.2) is 129 Å². The molecule has 488 valence electrons. The molecule has 9 aromatic rings. The molecule has 1 saturated carbocycles. The van der Waals surface area contributed by atoms with E-state index in [1.807, 2.05) is 13.8 Å². The van der Waals surface area contributed by atoms with Gasteiger partial charge in [0, 0.05) is 58.5 Å². The second-order valence-corrected chi connectivity index (χ2v) is 27.9. The number of pyridine rings is 1. The third kappa shape index (κ3) is 15.0. The summed E-state index contributed by atoms with van der Waals surface area (Å²) in [6, 6.07) is 9.94. The van der Waals surface area contributed by atoms with Gasteiger partial charge < -0.3 is 50.5 Å². The predicted octanol–water partition coefficient (Wildman–Crippen LogP) is 9.67. The van der Waals surface area contributed by atoms with E-state index in [1.54, 1.807) is 70.9 Å². The first-order valence-corrected chi connectivity index (χ1v) is 34.4. The Hall–Kier alpha value is -8.96. The zero-order chi connectivity index (χ0) is 66.5. The van der Waals surface area contributed by atoms with Gasteiger partial charge in [0.1, 0.15) is 89.8 Å². The van der Waals surface area contributed by atoms with Gasteiger partial charge in [0.2, 0.25) is 23.5 Å². The van der Waals surface area contributed by atoms with Crippen LogP contribution < -0.4 is 26.2 Å². The molecule has 9 heterocycles. The van der Waals surface area contributed by atoms with Crippen LogP contribution in [0.25, 0.3) is 43.4 Å². The molecule has 2 aliphatic rings. The Bertz CT molecular complexity index is 4320. The molecule has 11 rings (SSSR count). The largest absolute Gasteiger partial charge is 0.481 e. The molecule has 8 aromatic heterocycles. The lowest BCUT2D eigenvalue weighted by atomic mass is 9.87. The van der Waals surface area contributed by atoms with E-state index >= 15 is 0 Å². The Morgan fingerprint density at radius 2 is 1.47 bits per heavy atom. The highest BCUT2D eigenvalue weighted by Crippen LogP contribution is 2.41. The number of fused-ring (bicyclic) bond motifs is 14. The second-order valence-electron chi connectivity index (χ2n) is 22.1. The quantitative estimate of drug-likeness (QED) is 0.0532. The number of aromatic nitrogens is 8. The first-order chi connectivity index (χ1) is 45.2. The zero-order valence-electron chi connectivity index (χ0n) is 50.6. The molecule has 33 heteroatoms. The maximum absolute atomic E-state index is 14.5. The number of carboxylic acid groups (broad SMARTS) is 2. The summed E-state index contributed by atoms with van der Waals surface area (Å²) >= 11 is 6.98. The number of ether oxygens (including phenoxy) is 2. The fourth-order valence-electron chi connectivity index (χ4n) is 10.4. The molecule has 0 spiro atoms. The number of aliphatic hydroxyl groups is 1. The van der Waals surface area contributed by atoms with Crippen LogP contribution in [0.3, 0.4) is 0 Å². The monoisotopic (exact) mass is 1390 g/mol. The number of hydrogen-bond donors (Lipinski definition) is 7. The molecule has 4 atom stereocenters. The second kappa shape index (κ2) is 29.1. The number of hydrogen-bond acceptors (Lipinski definition) is 26. The van der Waals surface area contributed by atoms with Gasteiger partial charge in [0.25, 0.3) is 11.8 Å². The summed E-state index contributed by atoms with van der Waals surface area (Å²) < 4.78 is 16.8. The number of rotatable bonds is 14. The number of carbonyl (C=O) groups is 8. The van der Waals surface area contributed by atoms with Gasteiger partial charge in [-0.15, -0.1) is 68.0 Å². The van der Waals surface area contributed by atoms with Crippen LogP contribution in [0.4, 0.5) is 10.6 Å². The molecule has 1 fully saturated rings. The summed E-state index contributed by atoms with van der Waals surface area (Å²) in [5.74, 6) is -6.80. The van der Waals surface area contributed by atoms with Gasteiger partial charge in [-0.1, -0.05) is 44.2 Å². The number of amides is 5. The van der Waals surface area contributed by atoms with Crippen LogP contribution in [0.15, 0.2) is 74.6 Å². The van der Waals surface area contributed by atoms with Crippen molar-refractivity contribution in [3.63, 3.8) is 0 Å². The zero-order valence-corrected chi connectivity index (χ0v) is 55.5. The summed E-state index contributed by atoms with van der Waals surface area (Å²) in [5.41, 5.74) is 2.32. The Morgan fingerprint density at radius 3 is 2.19 bits per heavy atom. The van der Waals surface area contributed by atoms with Crippen LogP contribution in [0.2, 0.25) is 0 Å². The number of Topliss-reactive ketones (excluding diaryl/α,β-unsaturated/α-hetero) is 1. The molecule has 94 heavy (non-hydrogen) atoms. The number of aromatic carboxylic acids is 1. The van der Waals surface area contributed by atoms with Gasteiger partial charge in [-0.2, -0.15) is 0 Å². The minimum Gasteiger partial charge on any atom is -0.481 e. The number of nitrogens with one attached hydrogen (secondary N) is 4. The maximum Gasteiger partial charge on any atom is 0.416 e. The van der Waals surface area contributed by atoms with Crippen molar-refractivity contribution >= 4 is 121 Å². The van der Waals surface area contributed by atoms with E-state index in [9.17, 15) is 53.7 Å². The molecule has 27 nitrogen and oxygen atoms in total. The predicted molar refractivity (Wildman–Crippen MR) is 348 cm³/mol. The topological polar surface area (TPSA) is 383 Å². The lowest BCUT2D eigenvalue weighted by molar-refractivity contribution is -0.143. The van der Waals surface area contributed by atoms with E-state index in [1.165, 1.54) is 36.8 Å². The molecule has 10 bridgehead atoms. The molecule has 1 aliphatic carbocycles. The summed E-state index contributed by atoms with van der Waals surface area (Å²) in [5, 5.41) is 51.0. The Kier molecular flexibility index (Phi) is 20.6. The van der Waals surface area contributed by atoms with E-state index in [-0.39, 0.29) is 65.6 Å². The summed E-state index contributed by atoms with van der Waals surface area (Å²) in [6.45, 7) is 4.67. The van der Waals surface area contributed by atoms with Gasteiger partial charge in [-0.25, -0.2) is 49.5 Å². The number of aliphatic hydroxyl groups excluding tert-OH is 1. The number of nitrogens with zero attached hydrogens (tertiary/aromatic N) is 9. The molecular formula is C61H59N13O14S6. The van der Waals surface area contributed by atoms with Gasteiger partial charge in [-0.05, 0) is 56.2 Å². The van der Waals surface area contributed by atoms with E-state index in [0.717, 1.165) is 56.4 Å². The van der Waals surface area contributed by atoms with Crippen LogP contribution in [0, 0.1) is 18.8 Å². The van der Waals surface area contributed by atoms with E-state index in [4.69, 9.17) is 48.8 Å². The third-order valence-electron chi connectivity index (χ3n) is 15.4. The minimum absolute atomic E-state index is 0.00688. The first-order valence-electron chi connectivity index (χ1n) is 29.3. The molecule has 0 radical (unpaired) electrons. The first kappa shape index (κ1) is 66.5. The van der Waals surface area contributed by atoms with Crippen molar-refractivity contribution in [3.8, 4) is 43.4 Å². The van der Waals surface area contributed by atoms with Crippen molar-refractivity contribution in [2.24, 2.45) is 11.8 Å². The number of ketones is 1. The number of aliphatic carboxylic acids is 1. The SMILES string of the molecule is CNC(=O)C[C@@H]1NC(=O)c2csc(n2)-c2ccc(-c3nc(N(Cc4ncc(C(=O)O)o4)C(=O)OC4CCC(C(=O)O)CC4)cs3)nc2-c2csc(n2)-c2csc(n2)[C@H]([C@@H](O)c2ccccc2)NC(=O)CNC(=O)c2nc(sc2COC)C(C(C)C)CC(=O)c2nc1sc2C. The van der Waals surface area contributed by atoms with Gasteiger partial charge in [0.15, 0.2) is 5.78 Å². The smallest absolute Gasteiger partial charge is 0.416 e. The van der Waals surface area contributed by atoms with Crippen LogP contribution in [0.1, 0.15) is 155 Å². The molecule has 0 saturated heterocycles. The lowest BCUT2D eigenvalue weighted by Crippen LogP contribution is -2.40. The van der Waals surface area contributed by atoms with E-state index < -0.39 is 96.6 Å². The van der Waals surface area contributed by atoms with E-state index in [0.29, 0.717) is 93.7 Å². The van der Waals surface area contributed by atoms with Crippen molar-refractivity contribution in [3.05, 3.63) is 129 Å². The van der Waals surface area contributed by atoms with Crippen molar-refractivity contribution < 1.29 is 67.6 Å². The van der Waals surface area contributed by atoms with Crippen LogP contribution >= 0.6 is 68.0 Å². The number of carbonyl (C=O) groups excluding carboxylic acids is 6. The fourth-order valence-corrected chi connectivity index (χ4v) is 16.1. The summed E-state index contributed by atoms with van der Waals surface area (Å²) in [6.07, 6.45) is -0.903. The van der Waals surface area contributed by atoms with E-state index in [2.05, 4.69) is 26.3 Å². The van der Waals surface area contributed by atoms with Gasteiger partial charge in [0.05, 0.1) is 53.3 Å². The van der Waals surface area contributed by atoms with Gasteiger partial charge >= 0.3 is 18.0 Å².